The molecule has 0 spiro atoms. The monoisotopic (exact) mass is 310 g/mol. The van der Waals surface area contributed by atoms with Crippen LogP contribution in [0.3, 0.4) is 0 Å². The molecular formula is C16H26N2O2S. The van der Waals surface area contributed by atoms with Crippen LogP contribution in [-0.4, -0.2) is 49.2 Å². The minimum Gasteiger partial charge on any atom is -0.373 e. The van der Waals surface area contributed by atoms with Crippen molar-refractivity contribution in [2.45, 2.75) is 46.3 Å². The fraction of sp³-hybridized carbons (Fsp3) is 0.688. The van der Waals surface area contributed by atoms with Gasteiger partial charge in [0.2, 0.25) is 5.91 Å². The predicted octanol–water partition coefficient (Wildman–Crippen LogP) is 2.13. The van der Waals surface area contributed by atoms with Crippen LogP contribution in [0.15, 0.2) is 5.38 Å². The zero-order valence-electron chi connectivity index (χ0n) is 13.4. The van der Waals surface area contributed by atoms with Crippen molar-refractivity contribution in [2.75, 3.05) is 26.2 Å². The Hall–Kier alpha value is -0.910. The van der Waals surface area contributed by atoms with E-state index in [1.54, 1.807) is 11.3 Å². The normalized spacial score (nSPS) is 23.2. The van der Waals surface area contributed by atoms with Crippen LogP contribution in [0, 0.1) is 13.8 Å². The van der Waals surface area contributed by atoms with Crippen molar-refractivity contribution in [1.82, 2.24) is 10.2 Å². The molecule has 1 fully saturated rings. The summed E-state index contributed by atoms with van der Waals surface area (Å²) < 4.78 is 5.68. The Morgan fingerprint density at radius 2 is 2.05 bits per heavy atom. The number of ether oxygens (including phenoxy) is 1. The number of morpholine rings is 1. The molecule has 1 amide bonds. The Bertz CT molecular complexity index is 477. The molecule has 2 heterocycles. The smallest absolute Gasteiger partial charge is 0.234 e. The standard InChI is InChI=1S/C16H26N2O2S/c1-11-7-18(8-12(2)20-11)9-16(19)17-6-5-15-10-21-14(4)13(15)3/h10-12H,5-9H2,1-4H3,(H,17,19). The zero-order chi connectivity index (χ0) is 15.4. The lowest BCUT2D eigenvalue weighted by Crippen LogP contribution is -2.49. The van der Waals surface area contributed by atoms with E-state index in [0.29, 0.717) is 13.1 Å². The third-order valence-electron chi connectivity index (χ3n) is 3.97. The van der Waals surface area contributed by atoms with Gasteiger partial charge in [-0.25, -0.2) is 0 Å². The molecule has 1 saturated heterocycles. The van der Waals surface area contributed by atoms with E-state index in [0.717, 1.165) is 19.5 Å². The molecule has 0 aromatic carbocycles. The van der Waals surface area contributed by atoms with E-state index in [4.69, 9.17) is 4.74 Å². The molecule has 5 heteroatoms. The molecule has 1 aromatic heterocycles. The van der Waals surface area contributed by atoms with Crippen molar-refractivity contribution < 1.29 is 9.53 Å². The summed E-state index contributed by atoms with van der Waals surface area (Å²) in [6.45, 7) is 11.3. The SMILES string of the molecule is Cc1scc(CCNC(=O)CN2CC(C)OC(C)C2)c1C. The van der Waals surface area contributed by atoms with Crippen LogP contribution in [0.2, 0.25) is 0 Å². The maximum Gasteiger partial charge on any atom is 0.234 e. The molecule has 0 bridgehead atoms. The number of amides is 1. The van der Waals surface area contributed by atoms with Crippen molar-refractivity contribution >= 4 is 17.2 Å². The molecule has 4 nitrogen and oxygen atoms in total. The number of hydrogen-bond donors (Lipinski definition) is 1. The van der Waals surface area contributed by atoms with Crippen LogP contribution in [-0.2, 0) is 16.0 Å². The van der Waals surface area contributed by atoms with Gasteiger partial charge in [0.05, 0.1) is 18.8 Å². The molecule has 1 aliphatic rings. The second-order valence-corrected chi connectivity index (χ2v) is 7.08. The fourth-order valence-corrected chi connectivity index (χ4v) is 3.74. The van der Waals surface area contributed by atoms with E-state index in [2.05, 4.69) is 43.3 Å². The Kier molecular flexibility index (Phi) is 5.79. The summed E-state index contributed by atoms with van der Waals surface area (Å²) in [6, 6.07) is 0. The van der Waals surface area contributed by atoms with E-state index < -0.39 is 0 Å². The summed E-state index contributed by atoms with van der Waals surface area (Å²) in [4.78, 5) is 15.6. The van der Waals surface area contributed by atoms with E-state index >= 15 is 0 Å². The van der Waals surface area contributed by atoms with Gasteiger partial charge in [-0.3, -0.25) is 9.69 Å². The number of aryl methyl sites for hydroxylation is 1. The van der Waals surface area contributed by atoms with Crippen molar-refractivity contribution in [3.05, 3.63) is 21.4 Å². The van der Waals surface area contributed by atoms with Gasteiger partial charge in [-0.15, -0.1) is 11.3 Å². The highest BCUT2D eigenvalue weighted by Gasteiger charge is 2.23. The quantitative estimate of drug-likeness (QED) is 0.906. The van der Waals surface area contributed by atoms with Crippen LogP contribution in [0.5, 0.6) is 0 Å². The average molecular weight is 310 g/mol. The Morgan fingerprint density at radius 3 is 2.62 bits per heavy atom. The van der Waals surface area contributed by atoms with Gasteiger partial charge in [0.15, 0.2) is 0 Å². The lowest BCUT2D eigenvalue weighted by molar-refractivity contribution is -0.125. The van der Waals surface area contributed by atoms with Crippen LogP contribution in [0.25, 0.3) is 0 Å². The van der Waals surface area contributed by atoms with Crippen molar-refractivity contribution in [2.24, 2.45) is 0 Å². The minimum absolute atomic E-state index is 0.112. The maximum absolute atomic E-state index is 12.0. The summed E-state index contributed by atoms with van der Waals surface area (Å²) in [5, 5.41) is 5.22. The average Bonchev–Trinajstić information content (AvgIpc) is 2.69. The summed E-state index contributed by atoms with van der Waals surface area (Å²) in [7, 11) is 0. The topological polar surface area (TPSA) is 41.6 Å². The van der Waals surface area contributed by atoms with Crippen LogP contribution in [0.1, 0.15) is 29.9 Å². The van der Waals surface area contributed by atoms with E-state index in [9.17, 15) is 4.79 Å². The van der Waals surface area contributed by atoms with Crippen molar-refractivity contribution in [3.63, 3.8) is 0 Å². The molecule has 0 radical (unpaired) electrons. The maximum atomic E-state index is 12.0. The molecule has 0 saturated carbocycles. The second kappa shape index (κ2) is 7.38. The number of carbonyl (C=O) groups is 1. The lowest BCUT2D eigenvalue weighted by Gasteiger charge is -2.34. The van der Waals surface area contributed by atoms with Gasteiger partial charge in [0.25, 0.3) is 0 Å². The zero-order valence-corrected chi connectivity index (χ0v) is 14.3. The van der Waals surface area contributed by atoms with E-state index in [1.807, 2.05) is 0 Å². The lowest BCUT2D eigenvalue weighted by atomic mass is 10.1. The molecule has 21 heavy (non-hydrogen) atoms. The van der Waals surface area contributed by atoms with E-state index in [1.165, 1.54) is 16.0 Å². The Morgan fingerprint density at radius 1 is 1.38 bits per heavy atom. The van der Waals surface area contributed by atoms with Crippen LogP contribution in [0.4, 0.5) is 0 Å². The number of rotatable bonds is 5. The van der Waals surface area contributed by atoms with Crippen molar-refractivity contribution in [3.8, 4) is 0 Å². The van der Waals surface area contributed by atoms with E-state index in [-0.39, 0.29) is 18.1 Å². The number of thiophene rings is 1. The van der Waals surface area contributed by atoms with Gasteiger partial charge in [0.1, 0.15) is 0 Å². The molecule has 2 atom stereocenters. The van der Waals surface area contributed by atoms with Crippen LogP contribution >= 0.6 is 11.3 Å². The number of nitrogens with zero attached hydrogens (tertiary/aromatic N) is 1. The van der Waals surface area contributed by atoms with Crippen molar-refractivity contribution in [1.29, 1.82) is 0 Å². The number of carbonyl (C=O) groups excluding carboxylic acids is 1. The molecule has 1 N–H and O–H groups in total. The summed E-state index contributed by atoms with van der Waals surface area (Å²) in [6.07, 6.45) is 1.33. The molecule has 0 aliphatic carbocycles. The van der Waals surface area contributed by atoms with Gasteiger partial charge in [0, 0.05) is 24.5 Å². The van der Waals surface area contributed by atoms with Crippen LogP contribution < -0.4 is 5.32 Å². The number of hydrogen-bond acceptors (Lipinski definition) is 4. The molecule has 2 rings (SSSR count). The first kappa shape index (κ1) is 16.5. The highest BCUT2D eigenvalue weighted by molar-refractivity contribution is 7.10. The summed E-state index contributed by atoms with van der Waals surface area (Å²) in [5.74, 6) is 0.112. The largest absolute Gasteiger partial charge is 0.373 e. The minimum atomic E-state index is 0.112. The number of nitrogens with one attached hydrogen (secondary N) is 1. The summed E-state index contributed by atoms with van der Waals surface area (Å²) >= 11 is 1.78. The Balaban J connectivity index is 1.71. The molecular weight excluding hydrogens is 284 g/mol. The second-order valence-electron chi connectivity index (χ2n) is 5.99. The highest BCUT2D eigenvalue weighted by Crippen LogP contribution is 2.20. The molecule has 118 valence electrons. The van der Waals surface area contributed by atoms with Gasteiger partial charge >= 0.3 is 0 Å². The molecule has 1 aliphatic heterocycles. The fourth-order valence-electron chi connectivity index (χ4n) is 2.82. The summed E-state index contributed by atoms with van der Waals surface area (Å²) in [5.41, 5.74) is 2.72. The third kappa shape index (κ3) is 4.80. The predicted molar refractivity (Wildman–Crippen MR) is 87.0 cm³/mol. The first-order valence-corrected chi connectivity index (χ1v) is 8.51. The first-order valence-electron chi connectivity index (χ1n) is 7.63. The van der Waals surface area contributed by atoms with Gasteiger partial charge in [-0.2, -0.15) is 0 Å². The first-order chi connectivity index (χ1) is 9.95. The highest BCUT2D eigenvalue weighted by atomic mass is 32.1. The molecule has 1 aromatic rings. The van der Waals surface area contributed by atoms with Gasteiger partial charge < -0.3 is 10.1 Å². The van der Waals surface area contributed by atoms with Gasteiger partial charge in [-0.1, -0.05) is 0 Å². The third-order valence-corrected chi connectivity index (χ3v) is 5.03. The Labute approximate surface area is 131 Å². The molecule has 2 unspecified atom stereocenters. The van der Waals surface area contributed by atoms with Gasteiger partial charge in [-0.05, 0) is 50.6 Å².